The van der Waals surface area contributed by atoms with E-state index in [1.807, 2.05) is 0 Å². The van der Waals surface area contributed by atoms with Crippen molar-refractivity contribution in [2.24, 2.45) is 11.8 Å². The lowest BCUT2D eigenvalue weighted by atomic mass is 9.83. The fourth-order valence-electron chi connectivity index (χ4n) is 2.45. The molecule has 18 heavy (non-hydrogen) atoms. The minimum atomic E-state index is 0.499. The first-order chi connectivity index (χ1) is 8.56. The summed E-state index contributed by atoms with van der Waals surface area (Å²) < 4.78 is 0. The fraction of sp³-hybridized carbons (Fsp3) is 0.571. The molecule has 1 aliphatic rings. The van der Waals surface area contributed by atoms with Crippen molar-refractivity contribution in [3.05, 3.63) is 27.2 Å². The van der Waals surface area contributed by atoms with E-state index in [0.717, 1.165) is 24.1 Å². The molecule has 0 heterocycles. The van der Waals surface area contributed by atoms with E-state index >= 15 is 0 Å². The van der Waals surface area contributed by atoms with Gasteiger partial charge < -0.3 is 5.32 Å². The zero-order valence-corrected chi connectivity index (χ0v) is 12.7. The Morgan fingerprint density at radius 1 is 1.00 bits per heavy atom. The van der Waals surface area contributed by atoms with Crippen LogP contribution in [0.4, 0.5) is 5.69 Å². The van der Waals surface area contributed by atoms with Crippen LogP contribution >= 0.6 is 34.8 Å². The van der Waals surface area contributed by atoms with Crippen LogP contribution in [0.25, 0.3) is 0 Å². The molecule has 0 amide bonds. The molecule has 0 radical (unpaired) electrons. The minimum Gasteiger partial charge on any atom is -0.384 e. The second-order valence-corrected chi connectivity index (χ2v) is 6.47. The Morgan fingerprint density at radius 3 is 2.28 bits per heavy atom. The minimum absolute atomic E-state index is 0.499. The van der Waals surface area contributed by atoms with Crippen molar-refractivity contribution in [2.75, 3.05) is 11.9 Å². The van der Waals surface area contributed by atoms with Gasteiger partial charge >= 0.3 is 0 Å². The third-order valence-corrected chi connectivity index (χ3v) is 4.76. The molecule has 1 saturated carbocycles. The van der Waals surface area contributed by atoms with Crippen LogP contribution in [0.5, 0.6) is 0 Å². The highest BCUT2D eigenvalue weighted by Crippen LogP contribution is 2.33. The first-order valence-corrected chi connectivity index (χ1v) is 7.58. The second-order valence-electron chi connectivity index (χ2n) is 5.25. The summed E-state index contributed by atoms with van der Waals surface area (Å²) in [6.45, 7) is 3.30. The summed E-state index contributed by atoms with van der Waals surface area (Å²) >= 11 is 18.0. The molecule has 1 aromatic carbocycles. The summed E-state index contributed by atoms with van der Waals surface area (Å²) in [6, 6.07) is 3.49. The molecule has 1 N–H and O–H groups in total. The molecule has 2 rings (SSSR count). The van der Waals surface area contributed by atoms with Gasteiger partial charge in [0.25, 0.3) is 0 Å². The van der Waals surface area contributed by atoms with Crippen molar-refractivity contribution < 1.29 is 0 Å². The number of anilines is 1. The average Bonchev–Trinajstić information content (AvgIpc) is 2.34. The van der Waals surface area contributed by atoms with Crippen molar-refractivity contribution in [1.29, 1.82) is 0 Å². The zero-order chi connectivity index (χ0) is 13.1. The van der Waals surface area contributed by atoms with E-state index in [2.05, 4.69) is 12.2 Å². The van der Waals surface area contributed by atoms with Crippen molar-refractivity contribution in [1.82, 2.24) is 0 Å². The lowest BCUT2D eigenvalue weighted by molar-refractivity contribution is 0.300. The molecule has 1 aromatic rings. The van der Waals surface area contributed by atoms with E-state index in [0.29, 0.717) is 15.1 Å². The van der Waals surface area contributed by atoms with Gasteiger partial charge in [0, 0.05) is 6.54 Å². The molecule has 0 spiro atoms. The maximum atomic E-state index is 6.14. The van der Waals surface area contributed by atoms with Crippen LogP contribution in [0, 0.1) is 11.8 Å². The Bertz CT molecular complexity index is 412. The highest BCUT2D eigenvalue weighted by Gasteiger charge is 2.18. The largest absolute Gasteiger partial charge is 0.384 e. The van der Waals surface area contributed by atoms with Gasteiger partial charge in [-0.15, -0.1) is 0 Å². The van der Waals surface area contributed by atoms with Crippen LogP contribution in [-0.2, 0) is 0 Å². The lowest BCUT2D eigenvalue weighted by Gasteiger charge is -2.26. The van der Waals surface area contributed by atoms with E-state index < -0.39 is 0 Å². The van der Waals surface area contributed by atoms with Gasteiger partial charge in [-0.3, -0.25) is 0 Å². The summed E-state index contributed by atoms with van der Waals surface area (Å²) in [7, 11) is 0. The SMILES string of the molecule is CC1CCC(CNc2cc(Cl)c(Cl)cc2Cl)CC1. The van der Waals surface area contributed by atoms with Crippen LogP contribution in [0.3, 0.4) is 0 Å². The van der Waals surface area contributed by atoms with Crippen LogP contribution in [0.15, 0.2) is 12.1 Å². The quantitative estimate of drug-likeness (QED) is 0.687. The summed E-state index contributed by atoms with van der Waals surface area (Å²) in [4.78, 5) is 0. The van der Waals surface area contributed by atoms with Gasteiger partial charge in [0.05, 0.1) is 20.8 Å². The van der Waals surface area contributed by atoms with Crippen LogP contribution < -0.4 is 5.32 Å². The molecule has 0 saturated heterocycles. The molecule has 0 atom stereocenters. The van der Waals surface area contributed by atoms with Crippen molar-refractivity contribution in [3.63, 3.8) is 0 Å². The van der Waals surface area contributed by atoms with E-state index in [-0.39, 0.29) is 0 Å². The third-order valence-electron chi connectivity index (χ3n) is 3.73. The van der Waals surface area contributed by atoms with Gasteiger partial charge in [-0.1, -0.05) is 54.6 Å². The predicted octanol–water partition coefficient (Wildman–Crippen LogP) is 5.89. The highest BCUT2D eigenvalue weighted by molar-refractivity contribution is 6.44. The van der Waals surface area contributed by atoms with E-state index in [1.54, 1.807) is 12.1 Å². The summed E-state index contributed by atoms with van der Waals surface area (Å²) in [5, 5.41) is 5.06. The van der Waals surface area contributed by atoms with Gasteiger partial charge in [0.2, 0.25) is 0 Å². The van der Waals surface area contributed by atoms with Crippen molar-refractivity contribution in [2.45, 2.75) is 32.6 Å². The Labute approximate surface area is 124 Å². The molecule has 0 bridgehead atoms. The monoisotopic (exact) mass is 305 g/mol. The second kappa shape index (κ2) is 6.36. The predicted molar refractivity (Wildman–Crippen MR) is 81.1 cm³/mol. The summed E-state index contributed by atoms with van der Waals surface area (Å²) in [6.07, 6.45) is 5.27. The number of benzene rings is 1. The molecule has 1 nitrogen and oxygen atoms in total. The Morgan fingerprint density at radius 2 is 1.61 bits per heavy atom. The summed E-state index contributed by atoms with van der Waals surface area (Å²) in [5.74, 6) is 1.63. The topological polar surface area (TPSA) is 12.0 Å². The molecule has 0 unspecified atom stereocenters. The molecule has 4 heteroatoms. The maximum absolute atomic E-state index is 6.14. The Balaban J connectivity index is 1.92. The maximum Gasteiger partial charge on any atom is 0.0653 e. The van der Waals surface area contributed by atoms with Crippen LogP contribution in [0.2, 0.25) is 15.1 Å². The number of halogens is 3. The van der Waals surface area contributed by atoms with Gasteiger partial charge in [0.15, 0.2) is 0 Å². The zero-order valence-electron chi connectivity index (χ0n) is 10.5. The number of nitrogens with one attached hydrogen (secondary N) is 1. The van der Waals surface area contributed by atoms with Gasteiger partial charge in [-0.25, -0.2) is 0 Å². The highest BCUT2D eigenvalue weighted by atomic mass is 35.5. The normalized spacial score (nSPS) is 24.0. The van der Waals surface area contributed by atoms with Crippen LogP contribution in [0.1, 0.15) is 32.6 Å². The molecule has 1 fully saturated rings. The molecule has 0 aliphatic heterocycles. The Kier molecular flexibility index (Phi) is 5.06. The smallest absolute Gasteiger partial charge is 0.0653 e. The number of hydrogen-bond donors (Lipinski definition) is 1. The molecular formula is C14H18Cl3N. The first-order valence-electron chi connectivity index (χ1n) is 6.44. The lowest BCUT2D eigenvalue weighted by Crippen LogP contribution is -2.20. The number of rotatable bonds is 3. The van der Waals surface area contributed by atoms with E-state index in [4.69, 9.17) is 34.8 Å². The van der Waals surface area contributed by atoms with Gasteiger partial charge in [-0.2, -0.15) is 0 Å². The fourth-order valence-corrected chi connectivity index (χ4v) is 3.06. The Hall–Kier alpha value is -0.110. The standard InChI is InChI=1S/C14H18Cl3N/c1-9-2-4-10(5-3-9)8-18-14-7-12(16)11(15)6-13(14)17/h6-7,9-10,18H,2-5,8H2,1H3. The molecule has 100 valence electrons. The molecule has 0 aromatic heterocycles. The third kappa shape index (κ3) is 3.69. The van der Waals surface area contributed by atoms with Gasteiger partial charge in [0.1, 0.15) is 0 Å². The summed E-state index contributed by atoms with van der Waals surface area (Å²) in [5.41, 5.74) is 0.879. The van der Waals surface area contributed by atoms with Gasteiger partial charge in [-0.05, 0) is 36.8 Å². The van der Waals surface area contributed by atoms with E-state index in [9.17, 15) is 0 Å². The molecular weight excluding hydrogens is 289 g/mol. The average molecular weight is 307 g/mol. The van der Waals surface area contributed by atoms with Crippen molar-refractivity contribution >= 4 is 40.5 Å². The van der Waals surface area contributed by atoms with Crippen LogP contribution in [-0.4, -0.2) is 6.54 Å². The van der Waals surface area contributed by atoms with E-state index in [1.165, 1.54) is 25.7 Å². The van der Waals surface area contributed by atoms with Crippen molar-refractivity contribution in [3.8, 4) is 0 Å². The molecule has 1 aliphatic carbocycles. The first kappa shape index (κ1) is 14.3. The number of hydrogen-bond acceptors (Lipinski definition) is 1.